The third-order valence-corrected chi connectivity index (χ3v) is 4.08. The molecule has 1 aromatic rings. The predicted octanol–water partition coefficient (Wildman–Crippen LogP) is 3.55. The molecule has 0 bridgehead atoms. The molecule has 2 nitrogen and oxygen atoms in total. The zero-order valence-electron chi connectivity index (χ0n) is 11.0. The maximum atomic E-state index is 4.70. The summed E-state index contributed by atoms with van der Waals surface area (Å²) in [4.78, 5) is 6.14. The van der Waals surface area contributed by atoms with Crippen molar-refractivity contribution in [2.75, 3.05) is 0 Å². The largest absolute Gasteiger partial charge is 0.309 e. The fourth-order valence-electron chi connectivity index (χ4n) is 1.57. The molecule has 0 amide bonds. The van der Waals surface area contributed by atoms with Crippen LogP contribution in [0, 0.1) is 0 Å². The van der Waals surface area contributed by atoms with E-state index < -0.39 is 0 Å². The summed E-state index contributed by atoms with van der Waals surface area (Å²) in [5.74, 6) is 0. The molecule has 16 heavy (non-hydrogen) atoms. The molecule has 1 aromatic heterocycles. The van der Waals surface area contributed by atoms with Crippen molar-refractivity contribution in [2.45, 2.75) is 66.0 Å². The summed E-state index contributed by atoms with van der Waals surface area (Å²) in [6.45, 7) is 9.84. The third kappa shape index (κ3) is 3.87. The van der Waals surface area contributed by atoms with Crippen LogP contribution in [0.15, 0.2) is 0 Å². The maximum absolute atomic E-state index is 4.70. The minimum absolute atomic E-state index is 0.599. The van der Waals surface area contributed by atoms with Crippen LogP contribution in [0.25, 0.3) is 0 Å². The number of rotatable bonds is 7. The van der Waals surface area contributed by atoms with Gasteiger partial charge in [-0.2, -0.15) is 0 Å². The van der Waals surface area contributed by atoms with E-state index in [1.807, 2.05) is 11.3 Å². The molecule has 0 aromatic carbocycles. The van der Waals surface area contributed by atoms with Crippen molar-refractivity contribution < 1.29 is 0 Å². The first-order valence-corrected chi connectivity index (χ1v) is 7.23. The fourth-order valence-corrected chi connectivity index (χ4v) is 2.58. The summed E-state index contributed by atoms with van der Waals surface area (Å²) in [7, 11) is 0. The van der Waals surface area contributed by atoms with Crippen molar-refractivity contribution in [3.05, 3.63) is 15.6 Å². The quantitative estimate of drug-likeness (QED) is 0.788. The van der Waals surface area contributed by atoms with Crippen LogP contribution in [-0.2, 0) is 19.4 Å². The highest BCUT2D eigenvalue weighted by Gasteiger charge is 2.10. The van der Waals surface area contributed by atoms with Crippen LogP contribution in [0.5, 0.6) is 0 Å². The van der Waals surface area contributed by atoms with E-state index in [0.717, 1.165) is 19.4 Å². The number of aromatic nitrogens is 1. The minimum atomic E-state index is 0.599. The monoisotopic (exact) mass is 240 g/mol. The molecular formula is C13H24N2S. The van der Waals surface area contributed by atoms with Crippen molar-refractivity contribution in [3.63, 3.8) is 0 Å². The van der Waals surface area contributed by atoms with Crippen molar-refractivity contribution >= 4 is 11.3 Å². The van der Waals surface area contributed by atoms with Gasteiger partial charge in [0.2, 0.25) is 0 Å². The topological polar surface area (TPSA) is 24.9 Å². The van der Waals surface area contributed by atoms with E-state index in [9.17, 15) is 0 Å². The third-order valence-electron chi connectivity index (χ3n) is 2.84. The molecule has 0 aliphatic rings. The lowest BCUT2D eigenvalue weighted by Crippen LogP contribution is -2.24. The Hall–Kier alpha value is -0.410. The Bertz CT molecular complexity index is 307. The normalized spacial score (nSPS) is 13.0. The first-order valence-electron chi connectivity index (χ1n) is 6.42. The zero-order valence-corrected chi connectivity index (χ0v) is 11.8. The second-order valence-corrected chi connectivity index (χ2v) is 5.44. The Morgan fingerprint density at radius 3 is 2.62 bits per heavy atom. The summed E-state index contributed by atoms with van der Waals surface area (Å²) in [6.07, 6.45) is 4.55. The molecule has 1 atom stereocenters. The first-order chi connectivity index (χ1) is 7.71. The van der Waals surface area contributed by atoms with Gasteiger partial charge in [-0.05, 0) is 26.2 Å². The second-order valence-electron chi connectivity index (χ2n) is 4.27. The average molecular weight is 240 g/mol. The number of aryl methyl sites for hydroxylation is 2. The molecule has 0 radical (unpaired) electrons. The van der Waals surface area contributed by atoms with Crippen LogP contribution in [0.2, 0.25) is 0 Å². The van der Waals surface area contributed by atoms with E-state index in [-0.39, 0.29) is 0 Å². The maximum Gasteiger partial charge on any atom is 0.0928 e. The standard InChI is InChI=1S/C13H24N2S/c1-5-8-11-12(9-14-10(4)6-2)16-13(7-3)15-11/h10,14H,5-9H2,1-4H3. The van der Waals surface area contributed by atoms with Gasteiger partial charge in [0.05, 0.1) is 10.7 Å². The van der Waals surface area contributed by atoms with Crippen LogP contribution in [-0.4, -0.2) is 11.0 Å². The lowest BCUT2D eigenvalue weighted by molar-refractivity contribution is 0.535. The van der Waals surface area contributed by atoms with Crippen LogP contribution in [0.1, 0.15) is 56.1 Å². The van der Waals surface area contributed by atoms with Crippen LogP contribution < -0.4 is 5.32 Å². The SMILES string of the molecule is CCCc1nc(CC)sc1CNC(C)CC. The molecule has 0 fully saturated rings. The Morgan fingerprint density at radius 2 is 2.06 bits per heavy atom. The van der Waals surface area contributed by atoms with Crippen LogP contribution in [0.3, 0.4) is 0 Å². The summed E-state index contributed by atoms with van der Waals surface area (Å²) in [5.41, 5.74) is 1.32. The summed E-state index contributed by atoms with van der Waals surface area (Å²) >= 11 is 1.88. The van der Waals surface area contributed by atoms with E-state index >= 15 is 0 Å². The number of nitrogens with one attached hydrogen (secondary N) is 1. The van der Waals surface area contributed by atoms with Crippen molar-refractivity contribution in [3.8, 4) is 0 Å². The molecule has 1 heterocycles. The molecule has 0 aliphatic carbocycles. The van der Waals surface area contributed by atoms with Gasteiger partial charge in [0.15, 0.2) is 0 Å². The van der Waals surface area contributed by atoms with Gasteiger partial charge in [-0.3, -0.25) is 0 Å². The predicted molar refractivity (Wildman–Crippen MR) is 72.1 cm³/mol. The molecule has 92 valence electrons. The Kier molecular flexibility index (Phi) is 5.99. The number of thiazole rings is 1. The van der Waals surface area contributed by atoms with Gasteiger partial charge in [-0.1, -0.05) is 27.2 Å². The van der Waals surface area contributed by atoms with E-state index in [2.05, 4.69) is 33.0 Å². The van der Waals surface area contributed by atoms with Crippen molar-refractivity contribution in [1.29, 1.82) is 0 Å². The van der Waals surface area contributed by atoms with Gasteiger partial charge < -0.3 is 5.32 Å². The average Bonchev–Trinajstić information content (AvgIpc) is 2.69. The second kappa shape index (κ2) is 7.02. The Balaban J connectivity index is 2.65. The van der Waals surface area contributed by atoms with E-state index in [4.69, 9.17) is 4.98 Å². The van der Waals surface area contributed by atoms with Crippen LogP contribution >= 0.6 is 11.3 Å². The molecule has 0 saturated heterocycles. The number of nitrogens with zero attached hydrogens (tertiary/aromatic N) is 1. The van der Waals surface area contributed by atoms with Gasteiger partial charge in [0.1, 0.15) is 0 Å². The smallest absolute Gasteiger partial charge is 0.0928 e. The lowest BCUT2D eigenvalue weighted by atomic mass is 10.2. The summed E-state index contributed by atoms with van der Waals surface area (Å²) < 4.78 is 0. The number of hydrogen-bond donors (Lipinski definition) is 1. The lowest BCUT2D eigenvalue weighted by Gasteiger charge is -2.10. The molecule has 1 N–H and O–H groups in total. The van der Waals surface area contributed by atoms with Crippen LogP contribution in [0.4, 0.5) is 0 Å². The summed E-state index contributed by atoms with van der Waals surface area (Å²) in [5, 5.41) is 4.84. The van der Waals surface area contributed by atoms with Gasteiger partial charge in [-0.25, -0.2) is 4.98 Å². The van der Waals surface area contributed by atoms with Gasteiger partial charge >= 0.3 is 0 Å². The van der Waals surface area contributed by atoms with E-state index in [1.165, 1.54) is 28.4 Å². The van der Waals surface area contributed by atoms with Gasteiger partial charge in [0.25, 0.3) is 0 Å². The van der Waals surface area contributed by atoms with E-state index in [1.54, 1.807) is 0 Å². The molecule has 1 rings (SSSR count). The Labute approximate surface area is 103 Å². The summed E-state index contributed by atoms with van der Waals surface area (Å²) in [6, 6.07) is 0.599. The molecule has 0 spiro atoms. The zero-order chi connectivity index (χ0) is 12.0. The van der Waals surface area contributed by atoms with Crippen molar-refractivity contribution in [2.24, 2.45) is 0 Å². The minimum Gasteiger partial charge on any atom is -0.309 e. The highest BCUT2D eigenvalue weighted by Crippen LogP contribution is 2.20. The molecule has 0 aliphatic heterocycles. The van der Waals surface area contributed by atoms with Gasteiger partial charge in [0, 0.05) is 17.5 Å². The molecule has 0 saturated carbocycles. The van der Waals surface area contributed by atoms with Crippen molar-refractivity contribution in [1.82, 2.24) is 10.3 Å². The molecule has 3 heteroatoms. The molecular weight excluding hydrogens is 216 g/mol. The Morgan fingerprint density at radius 1 is 1.31 bits per heavy atom. The van der Waals surface area contributed by atoms with E-state index in [0.29, 0.717) is 6.04 Å². The van der Waals surface area contributed by atoms with Gasteiger partial charge in [-0.15, -0.1) is 11.3 Å². The highest BCUT2D eigenvalue weighted by molar-refractivity contribution is 7.11. The number of hydrogen-bond acceptors (Lipinski definition) is 3. The molecule has 1 unspecified atom stereocenters. The highest BCUT2D eigenvalue weighted by atomic mass is 32.1. The fraction of sp³-hybridized carbons (Fsp3) is 0.769. The first kappa shape index (κ1) is 13.7.